The summed E-state index contributed by atoms with van der Waals surface area (Å²) in [5.74, 6) is 0. The second-order valence-electron chi connectivity index (χ2n) is 3.46. The zero-order valence-electron chi connectivity index (χ0n) is 8.90. The maximum atomic E-state index is 12.2. The molecule has 0 aliphatic carbocycles. The van der Waals surface area contributed by atoms with E-state index in [4.69, 9.17) is 0 Å². The third-order valence-corrected chi connectivity index (χ3v) is 2.16. The van der Waals surface area contributed by atoms with E-state index in [0.29, 0.717) is 6.54 Å². The first-order valence-corrected chi connectivity index (χ1v) is 5.01. The van der Waals surface area contributed by atoms with Gasteiger partial charge in [-0.2, -0.15) is 0 Å². The largest absolute Gasteiger partial charge is 0.506 e. The van der Waals surface area contributed by atoms with Crippen LogP contribution >= 0.6 is 0 Å². The van der Waals surface area contributed by atoms with E-state index in [1.54, 1.807) is 4.90 Å². The average Bonchev–Trinajstić information content (AvgIpc) is 2.10. The molecule has 0 aromatic carbocycles. The Morgan fingerprint density at radius 2 is 1.86 bits per heavy atom. The molecule has 84 valence electrons. The monoisotopic (exact) mass is 208 g/mol. The Kier molecular flexibility index (Phi) is 5.92. The summed E-state index contributed by atoms with van der Waals surface area (Å²) in [5, 5.41) is 0. The van der Waals surface area contributed by atoms with Gasteiger partial charge in [0.15, 0.2) is 0 Å². The van der Waals surface area contributed by atoms with Crippen LogP contribution in [0.1, 0.15) is 26.7 Å². The fourth-order valence-corrected chi connectivity index (χ4v) is 1.12. The van der Waals surface area contributed by atoms with Crippen molar-refractivity contribution in [2.75, 3.05) is 19.6 Å². The molecular formula is C9H18BF3N-. The molecule has 0 spiro atoms. The van der Waals surface area contributed by atoms with E-state index in [2.05, 4.69) is 6.58 Å². The maximum Gasteiger partial charge on any atom is 0.506 e. The van der Waals surface area contributed by atoms with Gasteiger partial charge < -0.3 is 17.8 Å². The zero-order valence-corrected chi connectivity index (χ0v) is 8.90. The van der Waals surface area contributed by atoms with Gasteiger partial charge in [-0.15, -0.1) is 12.1 Å². The predicted molar refractivity (Wildman–Crippen MR) is 55.2 cm³/mol. The number of hydrogen-bond acceptors (Lipinski definition) is 1. The average molecular weight is 208 g/mol. The lowest BCUT2D eigenvalue weighted by Gasteiger charge is -2.26. The van der Waals surface area contributed by atoms with Gasteiger partial charge >= 0.3 is 6.98 Å². The molecule has 0 heterocycles. The van der Waals surface area contributed by atoms with Crippen molar-refractivity contribution in [3.8, 4) is 0 Å². The van der Waals surface area contributed by atoms with Crippen LogP contribution in [0.15, 0.2) is 12.1 Å². The molecule has 0 aliphatic heterocycles. The van der Waals surface area contributed by atoms with Crippen molar-refractivity contribution in [2.45, 2.75) is 26.7 Å². The normalized spacial score (nSPS) is 12.1. The Morgan fingerprint density at radius 1 is 1.29 bits per heavy atom. The van der Waals surface area contributed by atoms with Gasteiger partial charge in [0.05, 0.1) is 0 Å². The quantitative estimate of drug-likeness (QED) is 0.581. The van der Waals surface area contributed by atoms with Crippen molar-refractivity contribution >= 4 is 6.98 Å². The van der Waals surface area contributed by atoms with Crippen LogP contribution in [0.5, 0.6) is 0 Å². The molecule has 0 amide bonds. The first kappa shape index (κ1) is 13.6. The summed E-state index contributed by atoms with van der Waals surface area (Å²) in [6, 6.07) is 0. The van der Waals surface area contributed by atoms with Crippen molar-refractivity contribution in [1.82, 2.24) is 4.90 Å². The summed E-state index contributed by atoms with van der Waals surface area (Å²) < 4.78 is 36.6. The summed E-state index contributed by atoms with van der Waals surface area (Å²) in [6.45, 7) is 3.43. The zero-order chi connectivity index (χ0) is 11.2. The molecule has 0 fully saturated rings. The topological polar surface area (TPSA) is 3.24 Å². The van der Waals surface area contributed by atoms with Crippen LogP contribution in [0.4, 0.5) is 12.9 Å². The summed E-state index contributed by atoms with van der Waals surface area (Å²) in [5.41, 5.74) is -0.594. The molecule has 0 radical (unpaired) electrons. The fraction of sp³-hybridized carbons (Fsp3) is 0.778. The fourth-order valence-electron chi connectivity index (χ4n) is 1.12. The van der Waals surface area contributed by atoms with Crippen LogP contribution in [-0.4, -0.2) is 31.5 Å². The summed E-state index contributed by atoms with van der Waals surface area (Å²) in [6.07, 6.45) is 1.94. The van der Waals surface area contributed by atoms with Gasteiger partial charge in [-0.05, 0) is 26.1 Å². The number of likely N-dealkylation sites (N-methyl/N-ethyl adjacent to an activating group) is 1. The number of hydrogen-bond donors (Lipinski definition) is 0. The van der Waals surface area contributed by atoms with Gasteiger partial charge in [0, 0.05) is 0 Å². The molecule has 0 unspecified atom stereocenters. The molecule has 1 nitrogen and oxygen atoms in total. The van der Waals surface area contributed by atoms with Gasteiger partial charge in [-0.25, -0.2) is 0 Å². The molecular weight excluding hydrogens is 190 g/mol. The highest BCUT2D eigenvalue weighted by molar-refractivity contribution is 6.66. The molecule has 0 aromatic rings. The molecule has 0 N–H and O–H groups in total. The minimum absolute atomic E-state index is 0.0417. The maximum absolute atomic E-state index is 12.2. The third kappa shape index (κ3) is 5.32. The van der Waals surface area contributed by atoms with E-state index in [9.17, 15) is 12.9 Å². The van der Waals surface area contributed by atoms with Crippen molar-refractivity contribution < 1.29 is 12.9 Å². The van der Waals surface area contributed by atoms with Crippen molar-refractivity contribution in [3.63, 3.8) is 0 Å². The number of unbranched alkanes of at least 4 members (excludes halogenated alkanes) is 1. The lowest BCUT2D eigenvalue weighted by molar-refractivity contribution is 0.305. The van der Waals surface area contributed by atoms with Crippen molar-refractivity contribution in [2.24, 2.45) is 0 Å². The van der Waals surface area contributed by atoms with E-state index in [-0.39, 0.29) is 6.54 Å². The molecule has 14 heavy (non-hydrogen) atoms. The van der Waals surface area contributed by atoms with Crippen LogP contribution in [0.2, 0.25) is 0 Å². The Morgan fingerprint density at radius 3 is 2.21 bits per heavy atom. The molecule has 0 saturated heterocycles. The first-order chi connectivity index (χ1) is 6.41. The molecule has 0 aromatic heterocycles. The molecule has 0 atom stereocenters. The second-order valence-corrected chi connectivity index (χ2v) is 3.46. The Balaban J connectivity index is 3.99. The van der Waals surface area contributed by atoms with Crippen LogP contribution in [0, 0.1) is 0 Å². The summed E-state index contributed by atoms with van der Waals surface area (Å²) in [7, 11) is 0. The lowest BCUT2D eigenvalue weighted by Crippen LogP contribution is -2.33. The summed E-state index contributed by atoms with van der Waals surface area (Å²) in [4.78, 5) is 1.78. The Labute approximate surface area is 84.0 Å². The highest BCUT2D eigenvalue weighted by Gasteiger charge is 2.27. The Hall–Kier alpha value is -0.445. The van der Waals surface area contributed by atoms with E-state index >= 15 is 0 Å². The first-order valence-electron chi connectivity index (χ1n) is 5.01. The van der Waals surface area contributed by atoms with E-state index in [1.807, 2.05) is 13.8 Å². The number of halogens is 3. The van der Waals surface area contributed by atoms with Crippen LogP contribution in [0.3, 0.4) is 0 Å². The lowest BCUT2D eigenvalue weighted by atomic mass is 9.80. The number of nitrogens with zero attached hydrogens (tertiary/aromatic N) is 1. The molecule has 0 aliphatic rings. The van der Waals surface area contributed by atoms with Gasteiger partial charge in [0.25, 0.3) is 0 Å². The second kappa shape index (κ2) is 6.12. The van der Waals surface area contributed by atoms with E-state index in [0.717, 1.165) is 19.4 Å². The highest BCUT2D eigenvalue weighted by Crippen LogP contribution is 2.19. The van der Waals surface area contributed by atoms with Gasteiger partial charge in [0.2, 0.25) is 0 Å². The molecule has 0 rings (SSSR count). The van der Waals surface area contributed by atoms with E-state index < -0.39 is 12.4 Å². The minimum atomic E-state index is -4.86. The van der Waals surface area contributed by atoms with E-state index in [1.165, 1.54) is 0 Å². The van der Waals surface area contributed by atoms with Gasteiger partial charge in [0.1, 0.15) is 0 Å². The number of rotatable bonds is 7. The SMILES string of the molecule is C=C(CN(CC)CCCC)[B-](F)(F)F. The predicted octanol–water partition coefficient (Wildman–Crippen LogP) is 3.05. The Bertz CT molecular complexity index is 179. The van der Waals surface area contributed by atoms with Gasteiger partial charge in [-0.3, -0.25) is 0 Å². The van der Waals surface area contributed by atoms with Crippen molar-refractivity contribution in [1.29, 1.82) is 0 Å². The van der Waals surface area contributed by atoms with Crippen LogP contribution in [0.25, 0.3) is 0 Å². The van der Waals surface area contributed by atoms with Crippen LogP contribution in [-0.2, 0) is 0 Å². The van der Waals surface area contributed by atoms with Crippen molar-refractivity contribution in [3.05, 3.63) is 12.1 Å². The van der Waals surface area contributed by atoms with Crippen LogP contribution < -0.4 is 0 Å². The third-order valence-electron chi connectivity index (χ3n) is 2.16. The molecule has 0 bridgehead atoms. The summed E-state index contributed by atoms with van der Waals surface area (Å²) >= 11 is 0. The standard InChI is InChI=1S/C9H18BF3N/c1-4-6-7-14(5-2)8-9(3)10(11,12)13/h3-8H2,1-2H3/q-1. The smallest absolute Gasteiger partial charge is 0.445 e. The molecule has 5 heteroatoms. The minimum Gasteiger partial charge on any atom is -0.445 e. The van der Waals surface area contributed by atoms with Gasteiger partial charge in [-0.1, -0.05) is 20.3 Å². The molecule has 0 saturated carbocycles. The highest BCUT2D eigenvalue weighted by atomic mass is 19.4.